The molecule has 0 saturated heterocycles. The molecule has 0 rings (SSSR count). The Labute approximate surface area is 410 Å². The molecule has 1 amide bonds. The summed E-state index contributed by atoms with van der Waals surface area (Å²) in [7, 11) is 0. The molecule has 0 spiro atoms. The maximum absolute atomic E-state index is 12.5. The van der Waals surface area contributed by atoms with E-state index in [1.807, 2.05) is 0 Å². The highest BCUT2D eigenvalue weighted by molar-refractivity contribution is 5.76. The summed E-state index contributed by atoms with van der Waals surface area (Å²) >= 11 is 0. The highest BCUT2D eigenvalue weighted by atomic mass is 16.5. The van der Waals surface area contributed by atoms with Gasteiger partial charge in [0.2, 0.25) is 5.91 Å². The van der Waals surface area contributed by atoms with Gasteiger partial charge in [-0.3, -0.25) is 9.59 Å². The third-order valence-corrected chi connectivity index (χ3v) is 13.1. The van der Waals surface area contributed by atoms with E-state index in [1.165, 1.54) is 186 Å². The molecule has 0 aliphatic heterocycles. The maximum atomic E-state index is 12.5. The molecule has 0 aliphatic carbocycles. The first kappa shape index (κ1) is 63.8. The van der Waals surface area contributed by atoms with Gasteiger partial charge in [0.15, 0.2) is 0 Å². The van der Waals surface area contributed by atoms with Gasteiger partial charge in [-0.2, -0.15) is 0 Å². The molecule has 66 heavy (non-hydrogen) atoms. The fourth-order valence-corrected chi connectivity index (χ4v) is 8.66. The van der Waals surface area contributed by atoms with Crippen LogP contribution in [-0.2, 0) is 14.3 Å². The first-order valence-electron chi connectivity index (χ1n) is 28.9. The fraction of sp³-hybridized carbons (Fsp3) is 0.833. The number of hydrogen-bond donors (Lipinski definition) is 3. The first-order valence-corrected chi connectivity index (χ1v) is 28.9. The summed E-state index contributed by atoms with van der Waals surface area (Å²) < 4.78 is 5.46. The third kappa shape index (κ3) is 51.2. The average molecular weight is 927 g/mol. The smallest absolute Gasteiger partial charge is 0.305 e. The summed E-state index contributed by atoms with van der Waals surface area (Å²) in [6.45, 7) is 4.88. The molecule has 386 valence electrons. The van der Waals surface area contributed by atoms with E-state index in [1.54, 1.807) is 0 Å². The largest absolute Gasteiger partial charge is 0.466 e. The lowest BCUT2D eigenvalue weighted by Gasteiger charge is -2.22. The van der Waals surface area contributed by atoms with Crippen molar-refractivity contribution < 1.29 is 24.5 Å². The van der Waals surface area contributed by atoms with Crippen LogP contribution >= 0.6 is 0 Å². The van der Waals surface area contributed by atoms with Crippen LogP contribution in [0.15, 0.2) is 48.6 Å². The summed E-state index contributed by atoms with van der Waals surface area (Å²) in [5, 5.41) is 23.2. The van der Waals surface area contributed by atoms with E-state index in [4.69, 9.17) is 4.74 Å². The molecular formula is C60H111NO5. The van der Waals surface area contributed by atoms with Gasteiger partial charge in [0.1, 0.15) is 0 Å². The van der Waals surface area contributed by atoms with Gasteiger partial charge in [-0.15, -0.1) is 0 Å². The highest BCUT2D eigenvalue weighted by Gasteiger charge is 2.20. The topological polar surface area (TPSA) is 95.9 Å². The number of nitrogens with one attached hydrogen (secondary N) is 1. The van der Waals surface area contributed by atoms with Crippen LogP contribution in [0.3, 0.4) is 0 Å². The number of amides is 1. The Kier molecular flexibility index (Phi) is 53.6. The van der Waals surface area contributed by atoms with Crippen LogP contribution in [0.1, 0.15) is 296 Å². The van der Waals surface area contributed by atoms with Crippen LogP contribution in [0.2, 0.25) is 0 Å². The van der Waals surface area contributed by atoms with E-state index in [9.17, 15) is 19.8 Å². The molecule has 0 aromatic carbocycles. The van der Waals surface area contributed by atoms with Crippen molar-refractivity contribution >= 4 is 11.9 Å². The number of unbranched alkanes of at least 4 members (excludes halogenated alkanes) is 35. The standard InChI is InChI=1S/C60H111NO5/c1-3-5-7-9-11-13-15-17-18-22-26-30-34-38-42-46-50-54-60(65)66-55-51-47-43-39-35-31-27-24-21-19-20-23-25-29-33-37-41-45-49-53-59(64)61-57(56-62)58(63)52-48-44-40-36-32-28-16-14-12-10-8-6-4-2/h11,13,17-18,24,27,31,35,57-58,62-63H,3-10,12,14-16,19-23,25-26,28-30,32-34,36-56H2,1-2H3,(H,61,64)/b13-11-,18-17-,27-24-,35-31-. The second kappa shape index (κ2) is 55.4. The number of esters is 1. The number of carbonyl (C=O) groups excluding carboxylic acids is 2. The molecule has 0 radical (unpaired) electrons. The predicted octanol–water partition coefficient (Wildman–Crippen LogP) is 17.8. The second-order valence-corrected chi connectivity index (χ2v) is 19.6. The van der Waals surface area contributed by atoms with Gasteiger partial charge >= 0.3 is 5.97 Å². The summed E-state index contributed by atoms with van der Waals surface area (Å²) in [4.78, 5) is 24.5. The van der Waals surface area contributed by atoms with Gasteiger partial charge in [0, 0.05) is 12.8 Å². The summed E-state index contributed by atoms with van der Waals surface area (Å²) in [6.07, 6.45) is 69.6. The number of carbonyl (C=O) groups is 2. The van der Waals surface area contributed by atoms with E-state index < -0.39 is 12.1 Å². The second-order valence-electron chi connectivity index (χ2n) is 19.6. The average Bonchev–Trinajstić information content (AvgIpc) is 3.32. The number of aliphatic hydroxyl groups excluding tert-OH is 2. The SMILES string of the molecule is CCCCC/C=C\C/C=C\CCCCCCCCCC(=O)OCCCCC/C=C\C=C/CCCCCCCCCCCCC(=O)NC(CO)C(O)CCCCCCCCCCCCCCC. The molecule has 0 aromatic heterocycles. The Bertz CT molecular complexity index is 1110. The van der Waals surface area contributed by atoms with Crippen molar-refractivity contribution in [2.45, 2.75) is 309 Å². The Hall–Kier alpha value is -2.18. The van der Waals surface area contributed by atoms with Gasteiger partial charge in [-0.1, -0.05) is 242 Å². The first-order chi connectivity index (χ1) is 32.5. The molecule has 0 fully saturated rings. The van der Waals surface area contributed by atoms with Crippen LogP contribution < -0.4 is 5.32 Å². The Balaban J connectivity index is 3.48. The third-order valence-electron chi connectivity index (χ3n) is 13.1. The van der Waals surface area contributed by atoms with Crippen LogP contribution in [0.25, 0.3) is 0 Å². The van der Waals surface area contributed by atoms with Crippen LogP contribution in [0, 0.1) is 0 Å². The lowest BCUT2D eigenvalue weighted by molar-refractivity contribution is -0.143. The van der Waals surface area contributed by atoms with Gasteiger partial charge in [0.05, 0.1) is 25.4 Å². The summed E-state index contributed by atoms with van der Waals surface area (Å²) in [5.41, 5.74) is 0. The Morgan fingerprint density at radius 1 is 0.439 bits per heavy atom. The van der Waals surface area contributed by atoms with E-state index in [0.717, 1.165) is 77.0 Å². The van der Waals surface area contributed by atoms with Crippen LogP contribution in [-0.4, -0.2) is 47.4 Å². The molecular weight excluding hydrogens is 815 g/mol. The van der Waals surface area contributed by atoms with Crippen molar-refractivity contribution in [2.24, 2.45) is 0 Å². The quantitative estimate of drug-likeness (QED) is 0.0244. The molecule has 0 heterocycles. The highest BCUT2D eigenvalue weighted by Crippen LogP contribution is 2.16. The van der Waals surface area contributed by atoms with Crippen molar-refractivity contribution in [1.29, 1.82) is 0 Å². The van der Waals surface area contributed by atoms with E-state index in [2.05, 4.69) is 67.8 Å². The fourth-order valence-electron chi connectivity index (χ4n) is 8.66. The van der Waals surface area contributed by atoms with Crippen molar-refractivity contribution in [3.8, 4) is 0 Å². The molecule has 3 N–H and O–H groups in total. The normalized spacial score (nSPS) is 13.0. The van der Waals surface area contributed by atoms with Crippen LogP contribution in [0.5, 0.6) is 0 Å². The lowest BCUT2D eigenvalue weighted by Crippen LogP contribution is -2.45. The number of hydrogen-bond acceptors (Lipinski definition) is 5. The monoisotopic (exact) mass is 926 g/mol. The minimum atomic E-state index is -0.671. The summed E-state index contributed by atoms with van der Waals surface area (Å²) in [5.74, 6) is -0.0672. The minimum Gasteiger partial charge on any atom is -0.466 e. The van der Waals surface area contributed by atoms with Crippen molar-refractivity contribution in [3.63, 3.8) is 0 Å². The molecule has 0 bridgehead atoms. The van der Waals surface area contributed by atoms with E-state index in [-0.39, 0.29) is 18.5 Å². The Morgan fingerprint density at radius 2 is 0.803 bits per heavy atom. The van der Waals surface area contributed by atoms with Gasteiger partial charge < -0.3 is 20.3 Å². The predicted molar refractivity (Wildman–Crippen MR) is 287 cm³/mol. The molecule has 0 aliphatic rings. The number of aliphatic hydroxyl groups is 2. The molecule has 6 nitrogen and oxygen atoms in total. The van der Waals surface area contributed by atoms with E-state index in [0.29, 0.717) is 25.9 Å². The van der Waals surface area contributed by atoms with Gasteiger partial charge in [-0.25, -0.2) is 0 Å². The van der Waals surface area contributed by atoms with Crippen molar-refractivity contribution in [1.82, 2.24) is 5.32 Å². The maximum Gasteiger partial charge on any atom is 0.305 e. The molecule has 2 unspecified atom stereocenters. The lowest BCUT2D eigenvalue weighted by atomic mass is 10.0. The molecule has 0 saturated carbocycles. The minimum absolute atomic E-state index is 0.0215. The zero-order valence-electron chi connectivity index (χ0n) is 43.9. The number of allylic oxidation sites excluding steroid dienone is 8. The summed E-state index contributed by atoms with van der Waals surface area (Å²) in [6, 6.07) is -0.549. The van der Waals surface area contributed by atoms with Crippen molar-refractivity contribution in [2.75, 3.05) is 13.2 Å². The van der Waals surface area contributed by atoms with E-state index >= 15 is 0 Å². The molecule has 0 aromatic rings. The zero-order valence-corrected chi connectivity index (χ0v) is 43.9. The zero-order chi connectivity index (χ0) is 47.9. The van der Waals surface area contributed by atoms with Crippen molar-refractivity contribution in [3.05, 3.63) is 48.6 Å². The van der Waals surface area contributed by atoms with Crippen LogP contribution in [0.4, 0.5) is 0 Å². The number of ether oxygens (including phenoxy) is 1. The van der Waals surface area contributed by atoms with Gasteiger partial charge in [0.25, 0.3) is 0 Å². The molecule has 6 heteroatoms. The number of rotatable bonds is 53. The Morgan fingerprint density at radius 3 is 1.27 bits per heavy atom. The molecule has 2 atom stereocenters. The van der Waals surface area contributed by atoms with Gasteiger partial charge in [-0.05, 0) is 89.9 Å².